The number of ether oxygens (including phenoxy) is 1. The van der Waals surface area contributed by atoms with Crippen molar-refractivity contribution in [2.75, 3.05) is 12.9 Å². The summed E-state index contributed by atoms with van der Waals surface area (Å²) in [6.07, 6.45) is 7.73. The lowest BCUT2D eigenvalue weighted by molar-refractivity contribution is -0.124. The van der Waals surface area contributed by atoms with Gasteiger partial charge in [-0.25, -0.2) is 0 Å². The fraction of sp³-hybridized carbons (Fsp3) is 0.607. The fourth-order valence-electron chi connectivity index (χ4n) is 8.00. The van der Waals surface area contributed by atoms with Crippen molar-refractivity contribution in [1.82, 2.24) is 0 Å². The van der Waals surface area contributed by atoms with Crippen molar-refractivity contribution in [2.24, 2.45) is 28.6 Å². The molecule has 5 rings (SSSR count). The first-order chi connectivity index (χ1) is 15.8. The molecule has 7 atom stereocenters. The predicted molar refractivity (Wildman–Crippen MR) is 130 cm³/mol. The Balaban J connectivity index is 1.46. The van der Waals surface area contributed by atoms with Gasteiger partial charge in [-0.3, -0.25) is 4.79 Å². The maximum atomic E-state index is 13.1. The molecule has 0 radical (unpaired) electrons. The largest absolute Gasteiger partial charge is 0.611 e. The average Bonchev–Trinajstić information content (AvgIpc) is 3.14. The van der Waals surface area contributed by atoms with E-state index in [0.717, 1.165) is 49.2 Å². The summed E-state index contributed by atoms with van der Waals surface area (Å²) < 4.78 is 19.0. The first-order valence-corrected chi connectivity index (χ1v) is 13.7. The highest BCUT2D eigenvalue weighted by Crippen LogP contribution is 2.66. The molecule has 3 fully saturated rings. The van der Waals surface area contributed by atoms with Gasteiger partial charge in [0.2, 0.25) is 0 Å². The molecule has 1 aromatic carbocycles. The minimum Gasteiger partial charge on any atom is -0.611 e. The van der Waals surface area contributed by atoms with Gasteiger partial charge in [-0.15, -0.1) is 0 Å². The third-order valence-corrected chi connectivity index (χ3v) is 10.9. The van der Waals surface area contributed by atoms with E-state index in [4.69, 9.17) is 4.74 Å². The highest BCUT2D eigenvalue weighted by Gasteiger charge is 2.61. The Morgan fingerprint density at radius 1 is 1.15 bits per heavy atom. The molecule has 0 spiro atoms. The highest BCUT2D eigenvalue weighted by molar-refractivity contribution is 7.91. The second-order valence-corrected chi connectivity index (χ2v) is 12.5. The van der Waals surface area contributed by atoms with Crippen molar-refractivity contribution in [1.29, 1.82) is 0 Å². The molecule has 4 nitrogen and oxygen atoms in total. The molecule has 4 aliphatic carbocycles. The van der Waals surface area contributed by atoms with Crippen molar-refractivity contribution in [3.63, 3.8) is 0 Å². The predicted octanol–water partition coefficient (Wildman–Crippen LogP) is 5.20. The number of ketones is 1. The molecule has 5 heteroatoms. The number of methoxy groups -OCH3 is 1. The smallest absolute Gasteiger partial charge is 0.167 e. The summed E-state index contributed by atoms with van der Waals surface area (Å²) in [5, 5.41) is 11.6. The number of allylic oxidation sites excluding steroid dienone is 2. The van der Waals surface area contributed by atoms with Gasteiger partial charge in [-0.2, -0.15) is 0 Å². The SMILES string of the molecule is COC(C[S+]([O-])c1ccccc1)=C1CC[C@H]2[C@@H]3CCC4=CC(=O)CC[C@]4(C)[C@H]3[C@@H](O)C[C@]12C. The molecule has 4 aliphatic rings. The quantitative estimate of drug-likeness (QED) is 0.487. The summed E-state index contributed by atoms with van der Waals surface area (Å²) in [7, 11) is 1.70. The summed E-state index contributed by atoms with van der Waals surface area (Å²) in [5.74, 6) is 2.63. The van der Waals surface area contributed by atoms with Crippen LogP contribution >= 0.6 is 0 Å². The maximum Gasteiger partial charge on any atom is 0.167 e. The molecule has 0 saturated heterocycles. The van der Waals surface area contributed by atoms with Crippen LogP contribution in [0.15, 0.2) is 58.2 Å². The van der Waals surface area contributed by atoms with E-state index in [9.17, 15) is 14.5 Å². The van der Waals surface area contributed by atoms with Crippen LogP contribution in [0.2, 0.25) is 0 Å². The van der Waals surface area contributed by atoms with Gasteiger partial charge in [-0.1, -0.05) is 37.6 Å². The van der Waals surface area contributed by atoms with Gasteiger partial charge in [0, 0.05) is 6.42 Å². The zero-order valence-electron chi connectivity index (χ0n) is 20.0. The second-order valence-electron chi connectivity index (χ2n) is 11.0. The molecule has 0 aliphatic heterocycles. The van der Waals surface area contributed by atoms with Crippen LogP contribution in [0, 0.1) is 28.6 Å². The Hall–Kier alpha value is -1.56. The van der Waals surface area contributed by atoms with E-state index in [1.165, 1.54) is 11.1 Å². The van der Waals surface area contributed by atoms with Gasteiger partial charge in [0.25, 0.3) is 0 Å². The van der Waals surface area contributed by atoms with Crippen molar-refractivity contribution < 1.29 is 19.2 Å². The number of hydrogen-bond acceptors (Lipinski definition) is 4. The van der Waals surface area contributed by atoms with Crippen LogP contribution in [0.25, 0.3) is 0 Å². The molecule has 3 saturated carbocycles. The number of fused-ring (bicyclic) bond motifs is 5. The zero-order valence-corrected chi connectivity index (χ0v) is 20.8. The lowest BCUT2D eigenvalue weighted by Gasteiger charge is -2.59. The minimum absolute atomic E-state index is 0.0665. The third kappa shape index (κ3) is 3.71. The summed E-state index contributed by atoms with van der Waals surface area (Å²) >= 11 is -1.16. The van der Waals surface area contributed by atoms with Crippen molar-refractivity contribution in [3.05, 3.63) is 53.3 Å². The summed E-state index contributed by atoms with van der Waals surface area (Å²) in [6.45, 7) is 4.60. The highest BCUT2D eigenvalue weighted by atomic mass is 32.2. The van der Waals surface area contributed by atoms with Crippen LogP contribution in [0.1, 0.15) is 58.8 Å². The molecule has 33 heavy (non-hydrogen) atoms. The Kier molecular flexibility index (Phi) is 6.03. The Labute approximate surface area is 200 Å². The van der Waals surface area contributed by atoms with Crippen LogP contribution in [-0.2, 0) is 20.7 Å². The number of hydrogen-bond donors (Lipinski definition) is 1. The molecule has 1 unspecified atom stereocenters. The van der Waals surface area contributed by atoms with Gasteiger partial charge < -0.3 is 14.4 Å². The summed E-state index contributed by atoms with van der Waals surface area (Å²) in [6, 6.07) is 9.59. The van der Waals surface area contributed by atoms with Crippen LogP contribution in [0.3, 0.4) is 0 Å². The standard InChI is InChI=1S/C28H36O4S/c1-27-14-13-19(29)15-18(27)9-10-21-22-11-12-23(28(22,2)16-24(30)26(21)27)25(32-3)17-33(31)20-7-5-4-6-8-20/h4-8,15,21-22,24,26,30H,9-14,16-17H2,1-3H3/t21-,22-,24-,26+,27-,28-,33?/m0/s1. The van der Waals surface area contributed by atoms with Gasteiger partial charge in [0.05, 0.1) is 13.2 Å². The fourth-order valence-corrected chi connectivity index (χ4v) is 9.16. The van der Waals surface area contributed by atoms with Crippen LogP contribution < -0.4 is 0 Å². The normalized spacial score (nSPS) is 40.3. The average molecular weight is 469 g/mol. The maximum absolute atomic E-state index is 13.1. The van der Waals surface area contributed by atoms with Gasteiger partial charge in [0.1, 0.15) is 5.76 Å². The number of rotatable bonds is 4. The molecular weight excluding hydrogens is 432 g/mol. The molecule has 0 amide bonds. The molecule has 0 aromatic heterocycles. The van der Waals surface area contributed by atoms with Crippen molar-refractivity contribution >= 4 is 17.0 Å². The molecular formula is C28H36O4S. The Morgan fingerprint density at radius 2 is 1.91 bits per heavy atom. The first kappa shape index (κ1) is 23.2. The van der Waals surface area contributed by atoms with Gasteiger partial charge in [-0.05, 0) is 102 Å². The Bertz CT molecular complexity index is 985. The lowest BCUT2D eigenvalue weighted by Crippen LogP contribution is -2.55. The van der Waals surface area contributed by atoms with E-state index in [0.29, 0.717) is 24.0 Å². The van der Waals surface area contributed by atoms with E-state index in [2.05, 4.69) is 13.8 Å². The van der Waals surface area contributed by atoms with Crippen LogP contribution in [0.4, 0.5) is 0 Å². The number of carbonyl (C=O) groups excluding carboxylic acids is 1. The van der Waals surface area contributed by atoms with E-state index < -0.39 is 17.3 Å². The lowest BCUT2D eigenvalue weighted by atomic mass is 9.46. The molecule has 0 bridgehead atoms. The summed E-state index contributed by atoms with van der Waals surface area (Å²) in [4.78, 5) is 12.9. The molecule has 1 N–H and O–H groups in total. The van der Waals surface area contributed by atoms with E-state index in [-0.39, 0.29) is 22.5 Å². The van der Waals surface area contributed by atoms with Crippen LogP contribution in [-0.4, -0.2) is 34.4 Å². The monoisotopic (exact) mass is 468 g/mol. The number of aliphatic hydroxyl groups is 1. The third-order valence-electron chi connectivity index (χ3n) is 9.53. The van der Waals surface area contributed by atoms with Crippen LogP contribution in [0.5, 0.6) is 0 Å². The van der Waals surface area contributed by atoms with Gasteiger partial charge >= 0.3 is 0 Å². The Morgan fingerprint density at radius 3 is 2.64 bits per heavy atom. The van der Waals surface area contributed by atoms with E-state index in [1.54, 1.807) is 7.11 Å². The minimum atomic E-state index is -1.16. The van der Waals surface area contributed by atoms with Crippen molar-refractivity contribution in [2.45, 2.75) is 69.8 Å². The summed E-state index contributed by atoms with van der Waals surface area (Å²) in [5.41, 5.74) is 2.34. The molecule has 1 aromatic rings. The molecule has 178 valence electrons. The number of aliphatic hydroxyl groups excluding tert-OH is 1. The topological polar surface area (TPSA) is 69.6 Å². The zero-order chi connectivity index (χ0) is 23.4. The van der Waals surface area contributed by atoms with E-state index >= 15 is 0 Å². The van der Waals surface area contributed by atoms with Gasteiger partial charge in [0.15, 0.2) is 16.4 Å². The molecule has 0 heterocycles. The number of carbonyl (C=O) groups is 1. The second kappa shape index (κ2) is 8.58. The van der Waals surface area contributed by atoms with Crippen molar-refractivity contribution in [3.8, 4) is 0 Å². The number of benzene rings is 1. The first-order valence-electron chi connectivity index (χ1n) is 12.4. The van der Waals surface area contributed by atoms with E-state index in [1.807, 2.05) is 36.4 Å².